The molecule has 0 saturated heterocycles. The third-order valence-electron chi connectivity index (χ3n) is 2.98. The zero-order valence-corrected chi connectivity index (χ0v) is 10.8. The first-order valence-electron chi connectivity index (χ1n) is 6.03. The van der Waals surface area contributed by atoms with E-state index in [1.807, 2.05) is 0 Å². The van der Waals surface area contributed by atoms with Gasteiger partial charge in [-0.05, 0) is 37.0 Å². The lowest BCUT2D eigenvalue weighted by molar-refractivity contribution is 0.569. The van der Waals surface area contributed by atoms with E-state index in [1.165, 1.54) is 18.9 Å². The lowest BCUT2D eigenvalue weighted by Gasteiger charge is -2.07. The van der Waals surface area contributed by atoms with Crippen molar-refractivity contribution in [1.82, 2.24) is 4.72 Å². The molecule has 0 aliphatic heterocycles. The summed E-state index contributed by atoms with van der Waals surface area (Å²) in [6.45, 7) is 0.384. The summed E-state index contributed by atoms with van der Waals surface area (Å²) >= 11 is 0. The summed E-state index contributed by atoms with van der Waals surface area (Å²) < 4.78 is 39.3. The Kier molecular flexibility index (Phi) is 3.87. The minimum atomic E-state index is -3.65. The fraction of sp³-hybridized carbons (Fsp3) is 0.500. The average Bonchev–Trinajstić information content (AvgIpc) is 3.07. The molecule has 0 heterocycles. The van der Waals surface area contributed by atoms with E-state index in [9.17, 15) is 12.8 Å². The second kappa shape index (κ2) is 5.24. The van der Waals surface area contributed by atoms with Crippen molar-refractivity contribution in [2.75, 3.05) is 12.3 Å². The van der Waals surface area contributed by atoms with Crippen LogP contribution in [0.4, 0.5) is 10.1 Å². The second-order valence-corrected chi connectivity index (χ2v) is 6.47. The van der Waals surface area contributed by atoms with Gasteiger partial charge < -0.3 is 5.73 Å². The molecular weight excluding hydrogens is 255 g/mol. The molecule has 1 fully saturated rings. The van der Waals surface area contributed by atoms with Gasteiger partial charge in [-0.1, -0.05) is 12.8 Å². The Labute approximate surface area is 106 Å². The number of rotatable bonds is 6. The number of hydrogen-bond acceptors (Lipinski definition) is 3. The highest BCUT2D eigenvalue weighted by Crippen LogP contribution is 2.33. The fourth-order valence-corrected chi connectivity index (χ4v) is 2.97. The zero-order chi connectivity index (χ0) is 13.2. The summed E-state index contributed by atoms with van der Waals surface area (Å²) in [5.41, 5.74) is 5.53. The van der Waals surface area contributed by atoms with Crippen molar-refractivity contribution in [2.45, 2.75) is 30.6 Å². The van der Waals surface area contributed by atoms with E-state index in [0.29, 0.717) is 6.54 Å². The lowest BCUT2D eigenvalue weighted by atomic mass is 10.2. The van der Waals surface area contributed by atoms with Gasteiger partial charge in [0.2, 0.25) is 10.0 Å². The molecule has 1 aliphatic rings. The van der Waals surface area contributed by atoms with Crippen LogP contribution in [0.25, 0.3) is 0 Å². The number of nitrogens with two attached hydrogens (primary N) is 1. The summed E-state index contributed by atoms with van der Waals surface area (Å²) in [5.74, 6) is 0.132. The molecule has 0 atom stereocenters. The average molecular weight is 272 g/mol. The van der Waals surface area contributed by atoms with Gasteiger partial charge in [-0.15, -0.1) is 0 Å². The molecule has 100 valence electrons. The zero-order valence-electron chi connectivity index (χ0n) is 10.0. The lowest BCUT2D eigenvalue weighted by Crippen LogP contribution is -2.25. The van der Waals surface area contributed by atoms with Crippen LogP contribution < -0.4 is 10.5 Å². The van der Waals surface area contributed by atoms with Gasteiger partial charge in [0.15, 0.2) is 0 Å². The standard InChI is InChI=1S/C12H17FN2O2S/c13-10-6-11(14)8-12(7-10)18(16,17)15-5-1-2-9-3-4-9/h6-9,15H,1-5,14H2. The Morgan fingerprint density at radius 2 is 2.06 bits per heavy atom. The van der Waals surface area contributed by atoms with Crippen LogP contribution in [0.2, 0.25) is 0 Å². The van der Waals surface area contributed by atoms with E-state index in [2.05, 4.69) is 4.72 Å². The number of hydrogen-bond donors (Lipinski definition) is 2. The molecular formula is C12H17FN2O2S. The molecule has 1 aromatic carbocycles. The fourth-order valence-electron chi connectivity index (χ4n) is 1.83. The Hall–Kier alpha value is -1.14. The van der Waals surface area contributed by atoms with Crippen LogP contribution in [0, 0.1) is 11.7 Å². The molecule has 18 heavy (non-hydrogen) atoms. The van der Waals surface area contributed by atoms with E-state index in [0.717, 1.165) is 30.9 Å². The van der Waals surface area contributed by atoms with E-state index in [-0.39, 0.29) is 10.6 Å². The predicted molar refractivity (Wildman–Crippen MR) is 68.0 cm³/mol. The molecule has 2 rings (SSSR count). The Balaban J connectivity index is 1.95. The van der Waals surface area contributed by atoms with Crippen molar-refractivity contribution >= 4 is 15.7 Å². The van der Waals surface area contributed by atoms with Gasteiger partial charge in [-0.3, -0.25) is 0 Å². The van der Waals surface area contributed by atoms with Gasteiger partial charge >= 0.3 is 0 Å². The first-order chi connectivity index (χ1) is 8.47. The van der Waals surface area contributed by atoms with Crippen molar-refractivity contribution in [3.05, 3.63) is 24.0 Å². The van der Waals surface area contributed by atoms with Crippen LogP contribution in [0.1, 0.15) is 25.7 Å². The van der Waals surface area contributed by atoms with Crippen LogP contribution in [-0.2, 0) is 10.0 Å². The van der Waals surface area contributed by atoms with Crippen molar-refractivity contribution < 1.29 is 12.8 Å². The Morgan fingerprint density at radius 3 is 2.67 bits per heavy atom. The Bertz CT molecular complexity index is 507. The predicted octanol–water partition coefficient (Wildman–Crippen LogP) is 1.88. The SMILES string of the molecule is Nc1cc(F)cc(S(=O)(=O)NCCCC2CC2)c1. The Morgan fingerprint density at radius 1 is 1.33 bits per heavy atom. The summed E-state index contributed by atoms with van der Waals surface area (Å²) in [6, 6.07) is 3.32. The minimum Gasteiger partial charge on any atom is -0.399 e. The maximum atomic E-state index is 13.1. The van der Waals surface area contributed by atoms with Gasteiger partial charge in [0, 0.05) is 12.2 Å². The van der Waals surface area contributed by atoms with Crippen LogP contribution >= 0.6 is 0 Å². The molecule has 1 aliphatic carbocycles. The quantitative estimate of drug-likeness (QED) is 0.613. The molecule has 0 aromatic heterocycles. The molecule has 0 amide bonds. The summed E-state index contributed by atoms with van der Waals surface area (Å²) in [6.07, 6.45) is 4.38. The van der Waals surface area contributed by atoms with Crippen molar-refractivity contribution in [3.8, 4) is 0 Å². The monoisotopic (exact) mass is 272 g/mol. The number of nitrogen functional groups attached to an aromatic ring is 1. The van der Waals surface area contributed by atoms with Crippen LogP contribution in [0.3, 0.4) is 0 Å². The maximum absolute atomic E-state index is 13.1. The molecule has 1 aromatic rings. The molecule has 3 N–H and O–H groups in total. The van der Waals surface area contributed by atoms with Gasteiger partial charge in [-0.25, -0.2) is 17.5 Å². The van der Waals surface area contributed by atoms with Crippen molar-refractivity contribution in [1.29, 1.82) is 0 Å². The molecule has 0 radical (unpaired) electrons. The first kappa shape index (κ1) is 13.3. The molecule has 0 spiro atoms. The van der Waals surface area contributed by atoms with Crippen molar-refractivity contribution in [2.24, 2.45) is 5.92 Å². The number of anilines is 1. The highest BCUT2D eigenvalue weighted by atomic mass is 32.2. The van der Waals surface area contributed by atoms with Gasteiger partial charge in [-0.2, -0.15) is 0 Å². The number of sulfonamides is 1. The summed E-state index contributed by atoms with van der Waals surface area (Å²) in [4.78, 5) is -0.119. The second-order valence-electron chi connectivity index (χ2n) is 4.70. The smallest absolute Gasteiger partial charge is 0.240 e. The summed E-state index contributed by atoms with van der Waals surface area (Å²) in [5, 5.41) is 0. The summed E-state index contributed by atoms with van der Waals surface area (Å²) in [7, 11) is -3.65. The highest BCUT2D eigenvalue weighted by Gasteiger charge is 2.21. The third-order valence-corrected chi connectivity index (χ3v) is 4.42. The molecule has 6 heteroatoms. The van der Waals surface area contributed by atoms with E-state index >= 15 is 0 Å². The van der Waals surface area contributed by atoms with E-state index < -0.39 is 15.8 Å². The molecule has 0 unspecified atom stereocenters. The normalized spacial score (nSPS) is 15.8. The molecule has 4 nitrogen and oxygen atoms in total. The van der Waals surface area contributed by atoms with E-state index in [4.69, 9.17) is 5.73 Å². The third kappa shape index (κ3) is 3.68. The minimum absolute atomic E-state index is 0.105. The maximum Gasteiger partial charge on any atom is 0.240 e. The first-order valence-corrected chi connectivity index (χ1v) is 7.51. The molecule has 1 saturated carbocycles. The highest BCUT2D eigenvalue weighted by molar-refractivity contribution is 7.89. The van der Waals surface area contributed by atoms with E-state index in [1.54, 1.807) is 0 Å². The number of benzene rings is 1. The van der Waals surface area contributed by atoms with Crippen molar-refractivity contribution in [3.63, 3.8) is 0 Å². The topological polar surface area (TPSA) is 72.2 Å². The van der Waals surface area contributed by atoms with Crippen LogP contribution in [0.5, 0.6) is 0 Å². The van der Waals surface area contributed by atoms with Gasteiger partial charge in [0.1, 0.15) is 5.82 Å². The number of halogens is 1. The number of nitrogens with one attached hydrogen (secondary N) is 1. The van der Waals surface area contributed by atoms with Crippen LogP contribution in [0.15, 0.2) is 23.1 Å². The van der Waals surface area contributed by atoms with Crippen LogP contribution in [-0.4, -0.2) is 15.0 Å². The van der Waals surface area contributed by atoms with Gasteiger partial charge in [0.25, 0.3) is 0 Å². The van der Waals surface area contributed by atoms with Gasteiger partial charge in [0.05, 0.1) is 4.90 Å². The molecule has 0 bridgehead atoms. The largest absolute Gasteiger partial charge is 0.399 e.